The Morgan fingerprint density at radius 2 is 1.85 bits per heavy atom. The first-order chi connectivity index (χ1) is 12.5. The Balaban J connectivity index is 1.68. The quantitative estimate of drug-likeness (QED) is 0.517. The van der Waals surface area contributed by atoms with E-state index < -0.39 is 4.92 Å². The second-order valence-electron chi connectivity index (χ2n) is 6.38. The van der Waals surface area contributed by atoms with E-state index in [4.69, 9.17) is 0 Å². The van der Waals surface area contributed by atoms with Crippen molar-refractivity contribution in [3.05, 3.63) is 52.3 Å². The lowest BCUT2D eigenvalue weighted by Gasteiger charge is -2.34. The minimum Gasteiger partial charge on any atom is -0.367 e. The number of non-ortho nitro benzene ring substituents is 1. The molecule has 8 heteroatoms. The summed E-state index contributed by atoms with van der Waals surface area (Å²) >= 11 is 1.47. The van der Waals surface area contributed by atoms with E-state index >= 15 is 0 Å². The number of halogens is 1. The Kier molecular flexibility index (Phi) is 4.29. The number of fused-ring (bicyclic) bond motifs is 1. The average molecular weight is 372 g/mol. The molecule has 6 nitrogen and oxygen atoms in total. The van der Waals surface area contributed by atoms with Crippen molar-refractivity contribution < 1.29 is 9.31 Å². The number of nitrogens with zero attached hydrogens (tertiary/aromatic N) is 4. The van der Waals surface area contributed by atoms with Gasteiger partial charge >= 0.3 is 0 Å². The van der Waals surface area contributed by atoms with Crippen LogP contribution in [0.25, 0.3) is 20.8 Å². The van der Waals surface area contributed by atoms with Crippen molar-refractivity contribution in [3.63, 3.8) is 0 Å². The Morgan fingerprint density at radius 3 is 2.50 bits per heavy atom. The molecule has 1 saturated heterocycles. The van der Waals surface area contributed by atoms with Crippen LogP contribution < -0.4 is 4.90 Å². The number of hydrogen-bond donors (Lipinski definition) is 0. The molecule has 0 N–H and O–H groups in total. The van der Waals surface area contributed by atoms with Crippen LogP contribution in [0.3, 0.4) is 0 Å². The van der Waals surface area contributed by atoms with Crippen molar-refractivity contribution in [2.75, 3.05) is 38.1 Å². The van der Waals surface area contributed by atoms with E-state index in [0.29, 0.717) is 11.2 Å². The summed E-state index contributed by atoms with van der Waals surface area (Å²) in [5.74, 6) is -0.261. The smallest absolute Gasteiger partial charge is 0.269 e. The molecule has 2 aromatic carbocycles. The van der Waals surface area contributed by atoms with E-state index in [2.05, 4.69) is 21.8 Å². The van der Waals surface area contributed by atoms with Crippen LogP contribution in [0, 0.1) is 15.9 Å². The van der Waals surface area contributed by atoms with Crippen LogP contribution in [0.4, 0.5) is 15.8 Å². The van der Waals surface area contributed by atoms with Crippen LogP contribution in [-0.2, 0) is 0 Å². The van der Waals surface area contributed by atoms with Gasteiger partial charge in [-0.25, -0.2) is 9.37 Å². The molecule has 1 aromatic heterocycles. The molecular weight excluding hydrogens is 355 g/mol. The van der Waals surface area contributed by atoms with Gasteiger partial charge in [0.05, 0.1) is 20.8 Å². The summed E-state index contributed by atoms with van der Waals surface area (Å²) in [6.45, 7) is 3.42. The summed E-state index contributed by atoms with van der Waals surface area (Å²) in [6, 6.07) is 9.60. The number of thiazole rings is 1. The Labute approximate surface area is 153 Å². The second kappa shape index (κ2) is 6.62. The van der Waals surface area contributed by atoms with Crippen LogP contribution in [0.15, 0.2) is 36.4 Å². The molecule has 0 unspecified atom stereocenters. The van der Waals surface area contributed by atoms with Gasteiger partial charge < -0.3 is 9.80 Å². The lowest BCUT2D eigenvalue weighted by molar-refractivity contribution is -0.384. The number of nitro groups is 1. The summed E-state index contributed by atoms with van der Waals surface area (Å²) in [5.41, 5.74) is 2.06. The molecule has 134 valence electrons. The molecule has 1 aliphatic heterocycles. The first kappa shape index (κ1) is 16.9. The van der Waals surface area contributed by atoms with Gasteiger partial charge in [-0.3, -0.25) is 10.1 Å². The maximum absolute atomic E-state index is 14.6. The predicted molar refractivity (Wildman–Crippen MR) is 101 cm³/mol. The summed E-state index contributed by atoms with van der Waals surface area (Å²) < 4.78 is 15.5. The van der Waals surface area contributed by atoms with E-state index in [-0.39, 0.29) is 11.5 Å². The minimum absolute atomic E-state index is 0.0401. The molecule has 0 bridgehead atoms. The van der Waals surface area contributed by atoms with Crippen molar-refractivity contribution in [2.45, 2.75) is 0 Å². The van der Waals surface area contributed by atoms with Gasteiger partial charge in [0.2, 0.25) is 0 Å². The molecular formula is C18H17FN4O2S. The SMILES string of the molecule is CN1CCN(c2cc3sc(-c4ccc([N+](=O)[O-])cc4)nc3cc2F)CC1. The predicted octanol–water partition coefficient (Wildman–Crippen LogP) is 3.76. The van der Waals surface area contributed by atoms with Crippen LogP contribution in [-0.4, -0.2) is 48.0 Å². The van der Waals surface area contributed by atoms with Crippen molar-refractivity contribution in [1.29, 1.82) is 0 Å². The highest BCUT2D eigenvalue weighted by Gasteiger charge is 2.19. The summed E-state index contributed by atoms with van der Waals surface area (Å²) in [7, 11) is 2.07. The van der Waals surface area contributed by atoms with E-state index in [1.807, 2.05) is 6.07 Å². The Morgan fingerprint density at radius 1 is 1.15 bits per heavy atom. The van der Waals surface area contributed by atoms with Gasteiger partial charge in [0, 0.05) is 49.9 Å². The van der Waals surface area contributed by atoms with Crippen molar-refractivity contribution in [3.8, 4) is 10.6 Å². The largest absolute Gasteiger partial charge is 0.367 e. The van der Waals surface area contributed by atoms with Crippen LogP contribution in [0.1, 0.15) is 0 Å². The molecule has 0 radical (unpaired) electrons. The second-order valence-corrected chi connectivity index (χ2v) is 7.42. The van der Waals surface area contributed by atoms with Gasteiger partial charge in [0.1, 0.15) is 10.8 Å². The zero-order valence-corrected chi connectivity index (χ0v) is 15.0. The van der Waals surface area contributed by atoms with Gasteiger partial charge in [-0.05, 0) is 25.2 Å². The minimum atomic E-state index is -0.431. The van der Waals surface area contributed by atoms with E-state index in [1.165, 1.54) is 29.5 Å². The molecule has 0 aliphatic carbocycles. The normalized spacial score (nSPS) is 15.5. The maximum atomic E-state index is 14.6. The fourth-order valence-corrected chi connectivity index (χ4v) is 4.06. The number of nitro benzene ring substituents is 1. The lowest BCUT2D eigenvalue weighted by Crippen LogP contribution is -2.44. The molecule has 3 aromatic rings. The molecule has 0 amide bonds. The first-order valence-electron chi connectivity index (χ1n) is 8.29. The number of aromatic nitrogens is 1. The van der Waals surface area contributed by atoms with Crippen molar-refractivity contribution in [1.82, 2.24) is 9.88 Å². The monoisotopic (exact) mass is 372 g/mol. The lowest BCUT2D eigenvalue weighted by atomic mass is 10.2. The number of hydrogen-bond acceptors (Lipinski definition) is 6. The molecule has 2 heterocycles. The topological polar surface area (TPSA) is 62.5 Å². The highest BCUT2D eigenvalue weighted by atomic mass is 32.1. The highest BCUT2D eigenvalue weighted by molar-refractivity contribution is 7.21. The number of anilines is 1. The zero-order valence-electron chi connectivity index (χ0n) is 14.2. The van der Waals surface area contributed by atoms with Crippen molar-refractivity contribution >= 4 is 32.9 Å². The summed E-state index contributed by atoms with van der Waals surface area (Å²) in [4.78, 5) is 19.1. The van der Waals surface area contributed by atoms with Gasteiger partial charge in [0.25, 0.3) is 5.69 Å². The van der Waals surface area contributed by atoms with Crippen molar-refractivity contribution in [2.24, 2.45) is 0 Å². The Hall–Kier alpha value is -2.58. The highest BCUT2D eigenvalue weighted by Crippen LogP contribution is 2.35. The summed E-state index contributed by atoms with van der Waals surface area (Å²) in [5, 5.41) is 11.5. The van der Waals surface area contributed by atoms with Gasteiger partial charge in [-0.1, -0.05) is 0 Å². The molecule has 0 spiro atoms. The number of piperazine rings is 1. The molecule has 4 rings (SSSR count). The van der Waals surface area contributed by atoms with Gasteiger partial charge in [-0.15, -0.1) is 11.3 Å². The number of benzene rings is 2. The van der Waals surface area contributed by atoms with E-state index in [9.17, 15) is 14.5 Å². The first-order valence-corrected chi connectivity index (χ1v) is 9.11. The molecule has 1 fully saturated rings. The average Bonchev–Trinajstić information content (AvgIpc) is 3.04. The van der Waals surface area contributed by atoms with Crippen LogP contribution >= 0.6 is 11.3 Å². The summed E-state index contributed by atoms with van der Waals surface area (Å²) in [6.07, 6.45) is 0. The van der Waals surface area contributed by atoms with E-state index in [0.717, 1.165) is 41.5 Å². The molecule has 0 saturated carbocycles. The Bertz CT molecular complexity index is 965. The number of rotatable bonds is 3. The standard InChI is InChI=1S/C18H17FN4O2S/c1-21-6-8-22(9-7-21)16-11-17-15(10-14(16)19)20-18(26-17)12-2-4-13(5-3-12)23(24)25/h2-5,10-11H,6-9H2,1H3. The fraction of sp³-hybridized carbons (Fsp3) is 0.278. The van der Waals surface area contributed by atoms with E-state index in [1.54, 1.807) is 12.1 Å². The zero-order chi connectivity index (χ0) is 18.3. The van der Waals surface area contributed by atoms with Gasteiger partial charge in [-0.2, -0.15) is 0 Å². The van der Waals surface area contributed by atoms with Gasteiger partial charge in [0.15, 0.2) is 0 Å². The third-order valence-electron chi connectivity index (χ3n) is 4.63. The third kappa shape index (κ3) is 3.13. The molecule has 0 atom stereocenters. The van der Waals surface area contributed by atoms with Crippen LogP contribution in [0.5, 0.6) is 0 Å². The maximum Gasteiger partial charge on any atom is 0.269 e. The number of likely N-dealkylation sites (N-methyl/N-ethyl adjacent to an activating group) is 1. The third-order valence-corrected chi connectivity index (χ3v) is 5.69. The van der Waals surface area contributed by atoms with Crippen LogP contribution in [0.2, 0.25) is 0 Å². The molecule has 26 heavy (non-hydrogen) atoms. The molecule has 1 aliphatic rings. The fourth-order valence-electron chi connectivity index (χ4n) is 3.08.